The maximum Gasteiger partial charge on any atom is 0.142 e. The molecular formula is C13H11Cl3N2S. The van der Waals surface area contributed by atoms with Gasteiger partial charge < -0.3 is 0 Å². The molecule has 100 valence electrons. The number of hydrogen-bond acceptors (Lipinski definition) is 3. The number of halogens is 3. The van der Waals surface area contributed by atoms with E-state index in [1.54, 1.807) is 11.8 Å². The zero-order valence-corrected chi connectivity index (χ0v) is 13.2. The van der Waals surface area contributed by atoms with Crippen LogP contribution in [0.2, 0.25) is 15.3 Å². The van der Waals surface area contributed by atoms with Crippen molar-refractivity contribution in [1.82, 2.24) is 9.97 Å². The molecule has 0 atom stereocenters. The first-order valence-electron chi connectivity index (χ1n) is 5.69. The van der Waals surface area contributed by atoms with Crippen molar-refractivity contribution in [2.75, 3.05) is 0 Å². The summed E-state index contributed by atoms with van der Waals surface area (Å²) in [6.45, 7) is 1.97. The Hall–Kier alpha value is -0.480. The predicted molar refractivity (Wildman–Crippen MR) is 82.4 cm³/mol. The molecule has 1 aromatic carbocycles. The maximum absolute atomic E-state index is 6.08. The van der Waals surface area contributed by atoms with Gasteiger partial charge in [-0.25, -0.2) is 9.97 Å². The fourth-order valence-electron chi connectivity index (χ4n) is 1.53. The van der Waals surface area contributed by atoms with Crippen LogP contribution in [0, 0.1) is 0 Å². The quantitative estimate of drug-likeness (QED) is 0.561. The van der Waals surface area contributed by atoms with Crippen molar-refractivity contribution in [1.29, 1.82) is 0 Å². The van der Waals surface area contributed by atoms with Crippen LogP contribution in [-0.4, -0.2) is 9.97 Å². The van der Waals surface area contributed by atoms with Crippen molar-refractivity contribution in [3.05, 3.63) is 51.0 Å². The smallest absolute Gasteiger partial charge is 0.142 e. The number of nitrogens with zero attached hydrogens (tertiary/aromatic N) is 2. The molecule has 0 radical (unpaired) electrons. The van der Waals surface area contributed by atoms with Crippen LogP contribution in [-0.2, 0) is 12.2 Å². The molecule has 0 bridgehead atoms. The first kappa shape index (κ1) is 14.9. The van der Waals surface area contributed by atoms with Gasteiger partial charge in [-0.15, -0.1) is 11.8 Å². The molecule has 0 aliphatic heterocycles. The SMILES string of the molecule is CCc1c(Cl)nc(CSc2cccc(Cl)c2)nc1Cl. The molecular weight excluding hydrogens is 323 g/mol. The lowest BCUT2D eigenvalue weighted by Gasteiger charge is -2.06. The monoisotopic (exact) mass is 332 g/mol. The summed E-state index contributed by atoms with van der Waals surface area (Å²) in [5.41, 5.74) is 0.792. The molecule has 2 aromatic rings. The molecule has 2 rings (SSSR count). The van der Waals surface area contributed by atoms with Crippen LogP contribution in [0.1, 0.15) is 18.3 Å². The summed E-state index contributed by atoms with van der Waals surface area (Å²) in [6, 6.07) is 7.63. The van der Waals surface area contributed by atoms with Gasteiger partial charge in [0.05, 0.1) is 5.75 Å². The molecule has 19 heavy (non-hydrogen) atoms. The van der Waals surface area contributed by atoms with Crippen molar-refractivity contribution in [3.8, 4) is 0 Å². The summed E-state index contributed by atoms with van der Waals surface area (Å²) in [4.78, 5) is 9.57. The Balaban J connectivity index is 2.12. The maximum atomic E-state index is 6.08. The summed E-state index contributed by atoms with van der Waals surface area (Å²) in [6.07, 6.45) is 0.722. The van der Waals surface area contributed by atoms with Crippen LogP contribution in [0.25, 0.3) is 0 Å². The zero-order valence-electron chi connectivity index (χ0n) is 10.2. The van der Waals surface area contributed by atoms with Crippen LogP contribution < -0.4 is 0 Å². The lowest BCUT2D eigenvalue weighted by atomic mass is 10.3. The van der Waals surface area contributed by atoms with Gasteiger partial charge >= 0.3 is 0 Å². The topological polar surface area (TPSA) is 25.8 Å². The van der Waals surface area contributed by atoms with E-state index < -0.39 is 0 Å². The Morgan fingerprint density at radius 2 is 1.79 bits per heavy atom. The standard InChI is InChI=1S/C13H11Cl3N2S/c1-2-10-12(15)17-11(18-13(10)16)7-19-9-5-3-4-8(14)6-9/h3-6H,2,7H2,1H3. The summed E-state index contributed by atoms with van der Waals surface area (Å²) in [7, 11) is 0. The van der Waals surface area contributed by atoms with E-state index in [4.69, 9.17) is 34.8 Å². The van der Waals surface area contributed by atoms with Gasteiger partial charge in [-0.05, 0) is 24.6 Å². The van der Waals surface area contributed by atoms with E-state index >= 15 is 0 Å². The van der Waals surface area contributed by atoms with Crippen LogP contribution in [0.3, 0.4) is 0 Å². The zero-order chi connectivity index (χ0) is 13.8. The second-order valence-corrected chi connectivity index (χ2v) is 6.00. The summed E-state index contributed by atoms with van der Waals surface area (Å²) < 4.78 is 0. The molecule has 1 heterocycles. The molecule has 0 saturated carbocycles. The Bertz CT molecular complexity index is 567. The van der Waals surface area contributed by atoms with E-state index in [0.29, 0.717) is 26.9 Å². The molecule has 0 fully saturated rings. The summed E-state index contributed by atoms with van der Waals surface area (Å²) >= 11 is 19.7. The van der Waals surface area contributed by atoms with E-state index in [1.807, 2.05) is 31.2 Å². The van der Waals surface area contributed by atoms with Crippen molar-refractivity contribution in [2.24, 2.45) is 0 Å². The first-order chi connectivity index (χ1) is 9.10. The van der Waals surface area contributed by atoms with Gasteiger partial charge in [0, 0.05) is 15.5 Å². The van der Waals surface area contributed by atoms with Gasteiger partial charge in [0.2, 0.25) is 0 Å². The van der Waals surface area contributed by atoms with Crippen molar-refractivity contribution in [3.63, 3.8) is 0 Å². The van der Waals surface area contributed by atoms with Gasteiger partial charge in [0.25, 0.3) is 0 Å². The third-order valence-corrected chi connectivity index (χ3v) is 4.32. The lowest BCUT2D eigenvalue weighted by molar-refractivity contribution is 0.979. The van der Waals surface area contributed by atoms with E-state index in [9.17, 15) is 0 Å². The average Bonchev–Trinajstić information content (AvgIpc) is 2.36. The molecule has 0 aliphatic carbocycles. The molecule has 0 N–H and O–H groups in total. The van der Waals surface area contributed by atoms with Crippen LogP contribution in [0.5, 0.6) is 0 Å². The number of thioether (sulfide) groups is 1. The van der Waals surface area contributed by atoms with Gasteiger partial charge in [-0.2, -0.15) is 0 Å². The van der Waals surface area contributed by atoms with Crippen LogP contribution in [0.4, 0.5) is 0 Å². The fourth-order valence-corrected chi connectivity index (χ4v) is 3.29. The molecule has 1 aromatic heterocycles. The number of rotatable bonds is 4. The molecule has 0 spiro atoms. The van der Waals surface area contributed by atoms with E-state index in [0.717, 1.165) is 16.9 Å². The van der Waals surface area contributed by atoms with Gasteiger partial charge in [0.1, 0.15) is 16.1 Å². The molecule has 6 heteroatoms. The van der Waals surface area contributed by atoms with Gasteiger partial charge in [0.15, 0.2) is 0 Å². The highest BCUT2D eigenvalue weighted by Gasteiger charge is 2.10. The first-order valence-corrected chi connectivity index (χ1v) is 7.81. The minimum atomic E-state index is 0.434. The van der Waals surface area contributed by atoms with Crippen LogP contribution >= 0.6 is 46.6 Å². The summed E-state index contributed by atoms with van der Waals surface area (Å²) in [5, 5.41) is 1.58. The van der Waals surface area contributed by atoms with Crippen molar-refractivity contribution >= 4 is 46.6 Å². The predicted octanol–water partition coefficient (Wildman–Crippen LogP) is 5.29. The normalized spacial score (nSPS) is 10.7. The number of benzene rings is 1. The molecule has 0 amide bonds. The minimum absolute atomic E-state index is 0.434. The van der Waals surface area contributed by atoms with Crippen molar-refractivity contribution < 1.29 is 0 Å². The van der Waals surface area contributed by atoms with E-state index in [2.05, 4.69) is 9.97 Å². The Morgan fingerprint density at radius 1 is 1.11 bits per heavy atom. The molecule has 0 saturated heterocycles. The van der Waals surface area contributed by atoms with Gasteiger partial charge in [-0.1, -0.05) is 47.8 Å². The Kier molecular flexibility index (Phi) is 5.34. The highest BCUT2D eigenvalue weighted by Crippen LogP contribution is 2.27. The number of hydrogen-bond donors (Lipinski definition) is 0. The minimum Gasteiger partial charge on any atom is -0.220 e. The third kappa shape index (κ3) is 3.99. The van der Waals surface area contributed by atoms with E-state index in [1.165, 1.54) is 0 Å². The molecule has 2 nitrogen and oxygen atoms in total. The Labute approximate surface area is 131 Å². The summed E-state index contributed by atoms with van der Waals surface area (Å²) in [5.74, 6) is 1.22. The average molecular weight is 334 g/mol. The molecule has 0 aliphatic rings. The highest BCUT2D eigenvalue weighted by molar-refractivity contribution is 7.98. The Morgan fingerprint density at radius 3 is 2.37 bits per heavy atom. The third-order valence-electron chi connectivity index (χ3n) is 2.47. The van der Waals surface area contributed by atoms with E-state index in [-0.39, 0.29) is 0 Å². The van der Waals surface area contributed by atoms with Crippen molar-refractivity contribution in [2.45, 2.75) is 24.0 Å². The number of aromatic nitrogens is 2. The van der Waals surface area contributed by atoms with Crippen LogP contribution in [0.15, 0.2) is 29.2 Å². The second-order valence-electron chi connectivity index (χ2n) is 3.80. The highest BCUT2D eigenvalue weighted by atomic mass is 35.5. The van der Waals surface area contributed by atoms with Gasteiger partial charge in [-0.3, -0.25) is 0 Å². The second kappa shape index (κ2) is 6.80. The molecule has 0 unspecified atom stereocenters. The fraction of sp³-hybridized carbons (Fsp3) is 0.231. The largest absolute Gasteiger partial charge is 0.220 e. The lowest BCUT2D eigenvalue weighted by Crippen LogP contribution is -1.98.